The van der Waals surface area contributed by atoms with Crippen LogP contribution < -0.4 is 10.6 Å². The Hall–Kier alpha value is -3.35. The summed E-state index contributed by atoms with van der Waals surface area (Å²) in [5.41, 5.74) is 3.91. The molecule has 0 spiro atoms. The Morgan fingerprint density at radius 2 is 1.66 bits per heavy atom. The number of carbonyl (C=O) groups excluding carboxylic acids is 2. The van der Waals surface area contributed by atoms with Crippen molar-refractivity contribution in [2.24, 2.45) is 17.3 Å². The van der Waals surface area contributed by atoms with Gasteiger partial charge in [-0.2, -0.15) is 0 Å². The molecule has 2 fully saturated rings. The van der Waals surface area contributed by atoms with Gasteiger partial charge >= 0.3 is 12.1 Å². The maximum Gasteiger partial charge on any atom is 0.407 e. The maximum atomic E-state index is 13.0. The third-order valence-corrected chi connectivity index (χ3v) is 7.84. The number of carboxylic acids is 1. The van der Waals surface area contributed by atoms with Gasteiger partial charge in [-0.3, -0.25) is 9.59 Å². The smallest absolute Gasteiger partial charge is 0.407 e. The Bertz CT molecular complexity index is 1120. The van der Waals surface area contributed by atoms with Gasteiger partial charge < -0.3 is 20.5 Å². The maximum absolute atomic E-state index is 13.0. The van der Waals surface area contributed by atoms with E-state index in [2.05, 4.69) is 34.9 Å². The van der Waals surface area contributed by atoms with Crippen molar-refractivity contribution in [1.82, 2.24) is 10.6 Å². The molecule has 3 aliphatic rings. The van der Waals surface area contributed by atoms with Crippen molar-refractivity contribution in [3.63, 3.8) is 0 Å². The molecule has 4 atom stereocenters. The molecule has 7 heteroatoms. The number of hydrogen-bond acceptors (Lipinski definition) is 4. The largest absolute Gasteiger partial charge is 0.481 e. The molecule has 0 bridgehead atoms. The lowest BCUT2D eigenvalue weighted by molar-refractivity contribution is -0.143. The van der Waals surface area contributed by atoms with E-state index in [9.17, 15) is 19.5 Å². The highest BCUT2D eigenvalue weighted by molar-refractivity contribution is 5.86. The van der Waals surface area contributed by atoms with Crippen molar-refractivity contribution < 1.29 is 24.2 Å². The number of benzene rings is 2. The molecule has 2 saturated carbocycles. The zero-order valence-electron chi connectivity index (χ0n) is 20.1. The lowest BCUT2D eigenvalue weighted by Gasteiger charge is -2.24. The standard InChI is InChI=1S/C28H32N2O5/c1-16(2)11-24(25(31)29-18-12-17-13-28(17,14-18)26(32)33)30-27(34)35-15-23-21-9-5-3-7-19(21)20-8-4-6-10-22(20)23/h3-10,16-18,23-24H,11-15H2,1-2H3,(H,29,31)(H,30,34)(H,32,33)/t17?,18?,24-,28?/m0/s1. The molecular weight excluding hydrogens is 444 g/mol. The minimum atomic E-state index is -0.769. The number of fused-ring (bicyclic) bond motifs is 4. The van der Waals surface area contributed by atoms with E-state index in [1.54, 1.807) is 0 Å². The number of alkyl carbamates (subject to hydrolysis) is 1. The van der Waals surface area contributed by atoms with Crippen molar-refractivity contribution in [3.05, 3.63) is 59.7 Å². The van der Waals surface area contributed by atoms with Crippen LogP contribution in [0.15, 0.2) is 48.5 Å². The quantitative estimate of drug-likeness (QED) is 0.527. The van der Waals surface area contributed by atoms with Crippen LogP contribution in [0.1, 0.15) is 56.6 Å². The Labute approximate surface area is 205 Å². The van der Waals surface area contributed by atoms with Crippen LogP contribution in [0.25, 0.3) is 11.1 Å². The van der Waals surface area contributed by atoms with Crippen LogP contribution in [-0.2, 0) is 14.3 Å². The minimum Gasteiger partial charge on any atom is -0.481 e. The van der Waals surface area contributed by atoms with Gasteiger partial charge in [0.2, 0.25) is 5.91 Å². The molecule has 0 radical (unpaired) electrons. The molecule has 0 aliphatic heterocycles. The van der Waals surface area contributed by atoms with Crippen LogP contribution in [0.4, 0.5) is 4.79 Å². The third kappa shape index (κ3) is 4.40. The molecule has 3 aliphatic carbocycles. The van der Waals surface area contributed by atoms with E-state index < -0.39 is 23.5 Å². The van der Waals surface area contributed by atoms with E-state index in [4.69, 9.17) is 4.74 Å². The fraction of sp³-hybridized carbons (Fsp3) is 0.464. The number of nitrogens with one attached hydrogen (secondary N) is 2. The van der Waals surface area contributed by atoms with Gasteiger partial charge in [0.05, 0.1) is 5.41 Å². The molecule has 0 heterocycles. The fourth-order valence-corrected chi connectivity index (χ4v) is 6.05. The Morgan fingerprint density at radius 3 is 2.23 bits per heavy atom. The number of carboxylic acid groups (broad SMARTS) is 1. The highest BCUT2D eigenvalue weighted by Gasteiger charge is 2.65. The number of amides is 2. The topological polar surface area (TPSA) is 105 Å². The molecular formula is C28H32N2O5. The second-order valence-corrected chi connectivity index (χ2v) is 10.7. The van der Waals surface area contributed by atoms with Crippen LogP contribution in [0.5, 0.6) is 0 Å². The number of ether oxygens (including phenoxy) is 1. The summed E-state index contributed by atoms with van der Waals surface area (Å²) in [6.45, 7) is 4.16. The number of carbonyl (C=O) groups is 3. The Morgan fingerprint density at radius 1 is 1.03 bits per heavy atom. The average molecular weight is 477 g/mol. The van der Waals surface area contributed by atoms with Crippen LogP contribution in [0, 0.1) is 17.3 Å². The number of aliphatic carboxylic acids is 1. The molecule has 2 aromatic carbocycles. The van der Waals surface area contributed by atoms with E-state index in [1.165, 1.54) is 0 Å². The summed E-state index contributed by atoms with van der Waals surface area (Å²) < 4.78 is 5.64. The van der Waals surface area contributed by atoms with E-state index >= 15 is 0 Å². The summed E-state index contributed by atoms with van der Waals surface area (Å²) in [6, 6.07) is 15.4. The Kier molecular flexibility index (Phi) is 6.03. The zero-order chi connectivity index (χ0) is 24.7. The molecule has 35 heavy (non-hydrogen) atoms. The SMILES string of the molecule is CC(C)C[C@H](NC(=O)OCC1c2ccccc2-c2ccccc21)C(=O)NC1CC2CC2(C(=O)O)C1. The van der Waals surface area contributed by atoms with Crippen molar-refractivity contribution in [2.75, 3.05) is 6.61 Å². The monoisotopic (exact) mass is 476 g/mol. The normalized spacial score (nSPS) is 24.8. The van der Waals surface area contributed by atoms with E-state index in [0.29, 0.717) is 25.7 Å². The molecule has 3 N–H and O–H groups in total. The molecule has 3 unspecified atom stereocenters. The van der Waals surface area contributed by atoms with Gasteiger partial charge in [0.1, 0.15) is 12.6 Å². The van der Waals surface area contributed by atoms with Crippen molar-refractivity contribution >= 4 is 18.0 Å². The molecule has 184 valence electrons. The predicted molar refractivity (Wildman–Crippen MR) is 131 cm³/mol. The number of hydrogen-bond donors (Lipinski definition) is 3. The number of rotatable bonds is 8. The van der Waals surface area contributed by atoms with Crippen molar-refractivity contribution in [1.29, 1.82) is 0 Å². The second-order valence-electron chi connectivity index (χ2n) is 10.7. The van der Waals surface area contributed by atoms with E-state index in [1.807, 2.05) is 38.1 Å². The lowest BCUT2D eigenvalue weighted by Crippen LogP contribution is -2.50. The van der Waals surface area contributed by atoms with Gasteiger partial charge in [-0.05, 0) is 59.8 Å². The first kappa shape index (κ1) is 23.4. The second kappa shape index (κ2) is 9.02. The van der Waals surface area contributed by atoms with Crippen molar-refractivity contribution in [2.45, 2.75) is 57.5 Å². The zero-order valence-corrected chi connectivity index (χ0v) is 20.1. The van der Waals surface area contributed by atoms with Crippen LogP contribution in [-0.4, -0.2) is 41.8 Å². The lowest BCUT2D eigenvalue weighted by atomic mass is 9.98. The summed E-state index contributed by atoms with van der Waals surface area (Å²) in [5, 5.41) is 15.2. The third-order valence-electron chi connectivity index (χ3n) is 7.84. The highest BCUT2D eigenvalue weighted by atomic mass is 16.5. The van der Waals surface area contributed by atoms with E-state index in [0.717, 1.165) is 22.3 Å². The van der Waals surface area contributed by atoms with Gasteiger partial charge in [0.25, 0.3) is 0 Å². The fourth-order valence-electron chi connectivity index (χ4n) is 6.05. The van der Waals surface area contributed by atoms with Gasteiger partial charge in [0.15, 0.2) is 0 Å². The van der Waals surface area contributed by atoms with Gasteiger partial charge in [-0.15, -0.1) is 0 Å². The van der Waals surface area contributed by atoms with Gasteiger partial charge in [-0.1, -0.05) is 62.4 Å². The molecule has 5 rings (SSSR count). The van der Waals surface area contributed by atoms with E-state index in [-0.39, 0.29) is 36.3 Å². The Balaban J connectivity index is 1.20. The summed E-state index contributed by atoms with van der Waals surface area (Å²) in [7, 11) is 0. The van der Waals surface area contributed by atoms with Gasteiger partial charge in [-0.25, -0.2) is 4.79 Å². The average Bonchev–Trinajstić information content (AvgIpc) is 3.26. The summed E-state index contributed by atoms with van der Waals surface area (Å²) in [5.74, 6) is -0.775. The predicted octanol–water partition coefficient (Wildman–Crippen LogP) is 4.31. The van der Waals surface area contributed by atoms with Crippen molar-refractivity contribution in [3.8, 4) is 11.1 Å². The summed E-state index contributed by atoms with van der Waals surface area (Å²) in [6.07, 6.45) is 1.68. The molecule has 2 amide bonds. The van der Waals surface area contributed by atoms with Crippen LogP contribution >= 0.6 is 0 Å². The van der Waals surface area contributed by atoms with Crippen LogP contribution in [0.3, 0.4) is 0 Å². The first-order chi connectivity index (χ1) is 16.8. The highest BCUT2D eigenvalue weighted by Crippen LogP contribution is 2.63. The first-order valence-electron chi connectivity index (χ1n) is 12.4. The summed E-state index contributed by atoms with van der Waals surface area (Å²) >= 11 is 0. The molecule has 0 saturated heterocycles. The molecule has 2 aromatic rings. The van der Waals surface area contributed by atoms with Crippen LogP contribution in [0.2, 0.25) is 0 Å². The first-order valence-corrected chi connectivity index (χ1v) is 12.4. The summed E-state index contributed by atoms with van der Waals surface area (Å²) in [4.78, 5) is 37.4. The minimum absolute atomic E-state index is 0.0528. The molecule has 7 nitrogen and oxygen atoms in total. The molecule has 0 aromatic heterocycles. The van der Waals surface area contributed by atoms with Gasteiger partial charge in [0, 0.05) is 12.0 Å².